The number of nitrogens with one attached hydrogen (secondary N) is 1. The topological polar surface area (TPSA) is 66.4 Å². The molecule has 0 bridgehead atoms. The molecule has 4 nitrogen and oxygen atoms in total. The third-order valence-corrected chi connectivity index (χ3v) is 3.17. The van der Waals surface area contributed by atoms with Crippen LogP contribution in [0, 0.1) is 6.92 Å². The van der Waals surface area contributed by atoms with E-state index in [9.17, 15) is 13.5 Å². The van der Waals surface area contributed by atoms with E-state index in [-0.39, 0.29) is 11.5 Å². The second kappa shape index (κ2) is 3.88. The molecule has 0 amide bonds. The summed E-state index contributed by atoms with van der Waals surface area (Å²) in [4.78, 5) is 0. The summed E-state index contributed by atoms with van der Waals surface area (Å²) in [6, 6.07) is 4.66. The standard InChI is InChI=1S/C9H13NO3S/c1-3-14(12,13)10-8-5-4-7(2)9(11)6-8/h4-6,10-11H,3H2,1-2H3. The first-order valence-electron chi connectivity index (χ1n) is 4.24. The van der Waals surface area contributed by atoms with Crippen molar-refractivity contribution in [2.24, 2.45) is 0 Å². The molecule has 0 aliphatic carbocycles. The first kappa shape index (κ1) is 10.8. The zero-order valence-corrected chi connectivity index (χ0v) is 8.93. The summed E-state index contributed by atoms with van der Waals surface area (Å²) in [5, 5.41) is 9.33. The van der Waals surface area contributed by atoms with E-state index < -0.39 is 10.0 Å². The number of sulfonamides is 1. The molecule has 0 aliphatic rings. The predicted molar refractivity (Wildman–Crippen MR) is 55.9 cm³/mol. The fourth-order valence-electron chi connectivity index (χ4n) is 0.925. The van der Waals surface area contributed by atoms with Gasteiger partial charge >= 0.3 is 0 Å². The SMILES string of the molecule is CCS(=O)(=O)Nc1ccc(C)c(O)c1. The van der Waals surface area contributed by atoms with Gasteiger partial charge < -0.3 is 5.11 Å². The lowest BCUT2D eigenvalue weighted by Gasteiger charge is -2.07. The summed E-state index contributed by atoms with van der Waals surface area (Å²) in [6.45, 7) is 3.30. The number of aryl methyl sites for hydroxylation is 1. The average molecular weight is 215 g/mol. The molecular formula is C9H13NO3S. The number of aromatic hydroxyl groups is 1. The fourth-order valence-corrected chi connectivity index (χ4v) is 1.56. The van der Waals surface area contributed by atoms with Crippen LogP contribution in [0.3, 0.4) is 0 Å². The van der Waals surface area contributed by atoms with Crippen molar-refractivity contribution in [2.45, 2.75) is 13.8 Å². The van der Waals surface area contributed by atoms with Crippen LogP contribution in [0.25, 0.3) is 0 Å². The monoisotopic (exact) mass is 215 g/mol. The van der Waals surface area contributed by atoms with Crippen molar-refractivity contribution in [3.63, 3.8) is 0 Å². The van der Waals surface area contributed by atoms with Gasteiger partial charge in [0, 0.05) is 6.07 Å². The van der Waals surface area contributed by atoms with Crippen LogP contribution in [-0.2, 0) is 10.0 Å². The number of phenols is 1. The summed E-state index contributed by atoms with van der Waals surface area (Å²) >= 11 is 0. The van der Waals surface area contributed by atoms with Crippen molar-refractivity contribution in [3.05, 3.63) is 23.8 Å². The lowest BCUT2D eigenvalue weighted by atomic mass is 10.2. The number of hydrogen-bond acceptors (Lipinski definition) is 3. The lowest BCUT2D eigenvalue weighted by Crippen LogP contribution is -2.14. The van der Waals surface area contributed by atoms with Gasteiger partial charge in [0.25, 0.3) is 0 Å². The zero-order chi connectivity index (χ0) is 10.8. The second-order valence-corrected chi connectivity index (χ2v) is 5.02. The molecule has 1 aromatic rings. The Morgan fingerprint density at radius 1 is 1.43 bits per heavy atom. The van der Waals surface area contributed by atoms with Crippen LogP contribution in [-0.4, -0.2) is 19.3 Å². The minimum absolute atomic E-state index is 0.0155. The minimum Gasteiger partial charge on any atom is -0.508 e. The molecule has 1 aromatic carbocycles. The Bertz CT molecular complexity index is 426. The maximum Gasteiger partial charge on any atom is 0.232 e. The summed E-state index contributed by atoms with van der Waals surface area (Å²) < 4.78 is 24.7. The molecule has 0 heterocycles. The van der Waals surface area contributed by atoms with E-state index in [1.165, 1.54) is 6.07 Å². The maximum atomic E-state index is 11.2. The van der Waals surface area contributed by atoms with Gasteiger partial charge in [-0.25, -0.2) is 8.42 Å². The number of rotatable bonds is 3. The highest BCUT2D eigenvalue weighted by molar-refractivity contribution is 7.92. The predicted octanol–water partition coefficient (Wildman–Crippen LogP) is 1.46. The van der Waals surface area contributed by atoms with Crippen LogP contribution in [0.4, 0.5) is 5.69 Å². The number of phenolic OH excluding ortho intramolecular Hbond substituents is 1. The molecule has 0 saturated carbocycles. The Morgan fingerprint density at radius 3 is 2.57 bits per heavy atom. The molecule has 78 valence electrons. The summed E-state index contributed by atoms with van der Waals surface area (Å²) in [5.74, 6) is 0.100. The van der Waals surface area contributed by atoms with Gasteiger partial charge in [-0.3, -0.25) is 4.72 Å². The van der Waals surface area contributed by atoms with Gasteiger partial charge in [0.2, 0.25) is 10.0 Å². The Morgan fingerprint density at radius 2 is 2.07 bits per heavy atom. The van der Waals surface area contributed by atoms with E-state index in [0.717, 1.165) is 0 Å². The highest BCUT2D eigenvalue weighted by Gasteiger charge is 2.07. The van der Waals surface area contributed by atoms with Crippen LogP contribution in [0.5, 0.6) is 5.75 Å². The van der Waals surface area contributed by atoms with E-state index in [1.54, 1.807) is 26.0 Å². The first-order chi connectivity index (χ1) is 6.44. The quantitative estimate of drug-likeness (QED) is 0.802. The van der Waals surface area contributed by atoms with Crippen LogP contribution in [0.1, 0.15) is 12.5 Å². The van der Waals surface area contributed by atoms with E-state index in [4.69, 9.17) is 0 Å². The normalized spacial score (nSPS) is 11.3. The summed E-state index contributed by atoms with van der Waals surface area (Å²) in [5.41, 5.74) is 1.10. The molecule has 1 rings (SSSR count). The van der Waals surface area contributed by atoms with Gasteiger partial charge in [-0.05, 0) is 25.5 Å². The van der Waals surface area contributed by atoms with Crippen molar-refractivity contribution in [3.8, 4) is 5.75 Å². The highest BCUT2D eigenvalue weighted by atomic mass is 32.2. The summed E-state index contributed by atoms with van der Waals surface area (Å²) in [7, 11) is -3.26. The summed E-state index contributed by atoms with van der Waals surface area (Å²) in [6.07, 6.45) is 0. The van der Waals surface area contributed by atoms with Crippen LogP contribution >= 0.6 is 0 Å². The van der Waals surface area contributed by atoms with E-state index in [1.807, 2.05) is 0 Å². The van der Waals surface area contributed by atoms with Gasteiger partial charge in [0.1, 0.15) is 5.75 Å². The molecule has 0 fully saturated rings. The average Bonchev–Trinajstić information content (AvgIpc) is 2.11. The third kappa shape index (κ3) is 2.63. The lowest BCUT2D eigenvalue weighted by molar-refractivity contribution is 0.471. The molecule has 0 aromatic heterocycles. The smallest absolute Gasteiger partial charge is 0.232 e. The van der Waals surface area contributed by atoms with E-state index in [2.05, 4.69) is 4.72 Å². The van der Waals surface area contributed by atoms with Gasteiger partial charge in [-0.15, -0.1) is 0 Å². The maximum absolute atomic E-state index is 11.2. The van der Waals surface area contributed by atoms with Crippen molar-refractivity contribution in [2.75, 3.05) is 10.5 Å². The highest BCUT2D eigenvalue weighted by Crippen LogP contribution is 2.21. The van der Waals surface area contributed by atoms with Gasteiger partial charge in [-0.2, -0.15) is 0 Å². The second-order valence-electron chi connectivity index (χ2n) is 3.01. The molecule has 2 N–H and O–H groups in total. The number of benzene rings is 1. The zero-order valence-electron chi connectivity index (χ0n) is 8.11. The van der Waals surface area contributed by atoms with Crippen molar-refractivity contribution >= 4 is 15.7 Å². The molecule has 0 radical (unpaired) electrons. The van der Waals surface area contributed by atoms with Crippen molar-refractivity contribution < 1.29 is 13.5 Å². The molecule has 14 heavy (non-hydrogen) atoms. The van der Waals surface area contributed by atoms with E-state index in [0.29, 0.717) is 11.3 Å². The van der Waals surface area contributed by atoms with Crippen molar-refractivity contribution in [1.82, 2.24) is 0 Å². The van der Waals surface area contributed by atoms with Crippen LogP contribution in [0.2, 0.25) is 0 Å². The Kier molecular flexibility index (Phi) is 3.00. The molecule has 0 unspecified atom stereocenters. The van der Waals surface area contributed by atoms with Crippen LogP contribution in [0.15, 0.2) is 18.2 Å². The van der Waals surface area contributed by atoms with Crippen LogP contribution < -0.4 is 4.72 Å². The molecule has 0 aliphatic heterocycles. The Labute approximate surface area is 83.6 Å². The molecule has 5 heteroatoms. The molecule has 0 saturated heterocycles. The number of hydrogen-bond donors (Lipinski definition) is 2. The third-order valence-electron chi connectivity index (χ3n) is 1.86. The Balaban J connectivity index is 2.94. The minimum atomic E-state index is -3.26. The molecule has 0 spiro atoms. The fraction of sp³-hybridized carbons (Fsp3) is 0.333. The van der Waals surface area contributed by atoms with E-state index >= 15 is 0 Å². The number of anilines is 1. The van der Waals surface area contributed by atoms with Gasteiger partial charge in [0.15, 0.2) is 0 Å². The largest absolute Gasteiger partial charge is 0.508 e. The van der Waals surface area contributed by atoms with Gasteiger partial charge in [-0.1, -0.05) is 6.07 Å². The Hall–Kier alpha value is -1.23. The molecule has 0 atom stereocenters. The van der Waals surface area contributed by atoms with Crippen molar-refractivity contribution in [1.29, 1.82) is 0 Å². The molecular weight excluding hydrogens is 202 g/mol. The van der Waals surface area contributed by atoms with Gasteiger partial charge in [0.05, 0.1) is 11.4 Å². The first-order valence-corrected chi connectivity index (χ1v) is 5.90.